The summed E-state index contributed by atoms with van der Waals surface area (Å²) < 4.78 is 10.9. The molecule has 3 rings (SSSR count). The van der Waals surface area contributed by atoms with Gasteiger partial charge in [-0.3, -0.25) is 4.79 Å². The molecule has 19 heavy (non-hydrogen) atoms. The third-order valence-corrected chi connectivity index (χ3v) is 3.33. The second kappa shape index (κ2) is 4.86. The Morgan fingerprint density at radius 3 is 2.68 bits per heavy atom. The Morgan fingerprint density at radius 2 is 1.95 bits per heavy atom. The SMILES string of the molecule is COc1ccc2c(c1)C(=O)C(c1ccccc1)OC2. The Bertz CT molecular complexity index is 605. The van der Waals surface area contributed by atoms with Gasteiger partial charge in [0.1, 0.15) is 11.9 Å². The molecule has 2 aromatic rings. The number of ketones is 1. The van der Waals surface area contributed by atoms with Crippen molar-refractivity contribution >= 4 is 5.78 Å². The number of hydrogen-bond acceptors (Lipinski definition) is 3. The molecule has 0 fully saturated rings. The number of rotatable bonds is 2. The number of Topliss-reactive ketones (excluding diaryl/α,β-unsaturated/α-hetero) is 1. The van der Waals surface area contributed by atoms with Gasteiger partial charge in [0.2, 0.25) is 0 Å². The van der Waals surface area contributed by atoms with Crippen LogP contribution in [0.15, 0.2) is 48.5 Å². The minimum absolute atomic E-state index is 0.00801. The Balaban J connectivity index is 1.99. The highest BCUT2D eigenvalue weighted by molar-refractivity contribution is 6.02. The first-order valence-electron chi connectivity index (χ1n) is 6.17. The van der Waals surface area contributed by atoms with E-state index in [2.05, 4.69) is 0 Å². The van der Waals surface area contributed by atoms with Crippen LogP contribution in [0.25, 0.3) is 0 Å². The van der Waals surface area contributed by atoms with Crippen molar-refractivity contribution in [1.82, 2.24) is 0 Å². The van der Waals surface area contributed by atoms with E-state index < -0.39 is 6.10 Å². The van der Waals surface area contributed by atoms with Crippen LogP contribution in [0.3, 0.4) is 0 Å². The molecular weight excluding hydrogens is 240 g/mol. The molecule has 0 spiro atoms. The van der Waals surface area contributed by atoms with Gasteiger partial charge < -0.3 is 9.47 Å². The maximum Gasteiger partial charge on any atom is 0.196 e. The first-order chi connectivity index (χ1) is 9.29. The highest BCUT2D eigenvalue weighted by Crippen LogP contribution is 2.32. The highest BCUT2D eigenvalue weighted by Gasteiger charge is 2.29. The summed E-state index contributed by atoms with van der Waals surface area (Å²) >= 11 is 0. The minimum Gasteiger partial charge on any atom is -0.497 e. The van der Waals surface area contributed by atoms with Gasteiger partial charge in [-0.2, -0.15) is 0 Å². The molecule has 0 radical (unpaired) electrons. The molecule has 3 nitrogen and oxygen atoms in total. The van der Waals surface area contributed by atoms with Gasteiger partial charge in [-0.25, -0.2) is 0 Å². The lowest BCUT2D eigenvalue weighted by atomic mass is 9.93. The van der Waals surface area contributed by atoms with Crippen LogP contribution < -0.4 is 4.74 Å². The van der Waals surface area contributed by atoms with Crippen molar-refractivity contribution in [2.24, 2.45) is 0 Å². The molecule has 96 valence electrons. The zero-order chi connectivity index (χ0) is 13.2. The van der Waals surface area contributed by atoms with E-state index in [-0.39, 0.29) is 5.78 Å². The van der Waals surface area contributed by atoms with E-state index in [9.17, 15) is 4.79 Å². The average Bonchev–Trinajstić information content (AvgIpc) is 2.48. The van der Waals surface area contributed by atoms with E-state index in [0.29, 0.717) is 17.9 Å². The first kappa shape index (κ1) is 11.9. The molecule has 1 aliphatic rings. The van der Waals surface area contributed by atoms with Crippen molar-refractivity contribution in [2.45, 2.75) is 12.7 Å². The summed E-state index contributed by atoms with van der Waals surface area (Å²) in [5, 5.41) is 0. The van der Waals surface area contributed by atoms with Gasteiger partial charge in [0.15, 0.2) is 5.78 Å². The van der Waals surface area contributed by atoms with Crippen LogP contribution in [-0.4, -0.2) is 12.9 Å². The van der Waals surface area contributed by atoms with Crippen LogP contribution >= 0.6 is 0 Å². The van der Waals surface area contributed by atoms with E-state index in [1.165, 1.54) is 0 Å². The summed E-state index contributed by atoms with van der Waals surface area (Å²) in [5.74, 6) is 0.687. The monoisotopic (exact) mass is 254 g/mol. The number of methoxy groups -OCH3 is 1. The minimum atomic E-state index is -0.513. The molecule has 1 heterocycles. The van der Waals surface area contributed by atoms with Crippen LogP contribution in [0.5, 0.6) is 5.75 Å². The number of ether oxygens (including phenoxy) is 2. The molecule has 0 bridgehead atoms. The number of carbonyl (C=O) groups is 1. The molecule has 1 aliphatic heterocycles. The fraction of sp³-hybridized carbons (Fsp3) is 0.188. The molecule has 3 heteroatoms. The van der Waals surface area contributed by atoms with Crippen molar-refractivity contribution in [1.29, 1.82) is 0 Å². The van der Waals surface area contributed by atoms with Crippen LogP contribution in [0.4, 0.5) is 0 Å². The van der Waals surface area contributed by atoms with Gasteiger partial charge in [0.05, 0.1) is 13.7 Å². The second-order valence-electron chi connectivity index (χ2n) is 4.49. The van der Waals surface area contributed by atoms with Gasteiger partial charge in [0.25, 0.3) is 0 Å². The lowest BCUT2D eigenvalue weighted by Gasteiger charge is -2.24. The van der Waals surface area contributed by atoms with Gasteiger partial charge in [-0.05, 0) is 23.3 Å². The summed E-state index contributed by atoms with van der Waals surface area (Å²) in [6.45, 7) is 0.449. The topological polar surface area (TPSA) is 35.5 Å². The Morgan fingerprint density at radius 1 is 1.16 bits per heavy atom. The summed E-state index contributed by atoms with van der Waals surface area (Å²) in [4.78, 5) is 12.5. The molecule has 0 N–H and O–H groups in total. The van der Waals surface area contributed by atoms with Crippen molar-refractivity contribution in [3.63, 3.8) is 0 Å². The molecule has 1 atom stereocenters. The third kappa shape index (κ3) is 2.13. The van der Waals surface area contributed by atoms with Crippen LogP contribution in [0, 0.1) is 0 Å². The number of fused-ring (bicyclic) bond motifs is 1. The highest BCUT2D eigenvalue weighted by atomic mass is 16.5. The predicted molar refractivity (Wildman–Crippen MR) is 71.3 cm³/mol. The smallest absolute Gasteiger partial charge is 0.196 e. The molecule has 0 saturated carbocycles. The number of carbonyl (C=O) groups excluding carboxylic acids is 1. The molecule has 0 aliphatic carbocycles. The lowest BCUT2D eigenvalue weighted by molar-refractivity contribution is 0.0256. The normalized spacial score (nSPS) is 17.9. The third-order valence-electron chi connectivity index (χ3n) is 3.33. The van der Waals surface area contributed by atoms with Crippen LogP contribution in [-0.2, 0) is 11.3 Å². The zero-order valence-electron chi connectivity index (χ0n) is 10.6. The van der Waals surface area contributed by atoms with Crippen molar-refractivity contribution in [2.75, 3.05) is 7.11 Å². The van der Waals surface area contributed by atoms with E-state index >= 15 is 0 Å². The van der Waals surface area contributed by atoms with Gasteiger partial charge in [0, 0.05) is 5.56 Å². The molecule has 0 saturated heterocycles. The van der Waals surface area contributed by atoms with Gasteiger partial charge >= 0.3 is 0 Å². The number of hydrogen-bond donors (Lipinski definition) is 0. The Hall–Kier alpha value is -2.13. The standard InChI is InChI=1S/C16H14O3/c1-18-13-8-7-12-10-19-16(15(17)14(12)9-13)11-5-3-2-4-6-11/h2-9,16H,10H2,1H3. The summed E-state index contributed by atoms with van der Waals surface area (Å²) in [7, 11) is 1.60. The average molecular weight is 254 g/mol. The largest absolute Gasteiger partial charge is 0.497 e. The fourth-order valence-electron chi connectivity index (χ4n) is 2.30. The van der Waals surface area contributed by atoms with E-state index in [4.69, 9.17) is 9.47 Å². The first-order valence-corrected chi connectivity index (χ1v) is 6.17. The molecule has 1 unspecified atom stereocenters. The summed E-state index contributed by atoms with van der Waals surface area (Å²) in [6, 6.07) is 15.1. The Kier molecular flexibility index (Phi) is 3.05. The van der Waals surface area contributed by atoms with E-state index in [1.54, 1.807) is 13.2 Å². The molecule has 0 amide bonds. The second-order valence-corrected chi connectivity index (χ2v) is 4.49. The van der Waals surface area contributed by atoms with E-state index in [1.807, 2.05) is 42.5 Å². The van der Waals surface area contributed by atoms with Crippen molar-refractivity contribution in [3.05, 3.63) is 65.2 Å². The fourth-order valence-corrected chi connectivity index (χ4v) is 2.30. The summed E-state index contributed by atoms with van der Waals surface area (Å²) in [6.07, 6.45) is -0.513. The number of benzene rings is 2. The van der Waals surface area contributed by atoms with Crippen molar-refractivity contribution < 1.29 is 14.3 Å². The summed E-state index contributed by atoms with van der Waals surface area (Å²) in [5.41, 5.74) is 2.50. The molecular formula is C16H14O3. The maximum absolute atomic E-state index is 12.5. The van der Waals surface area contributed by atoms with E-state index in [0.717, 1.165) is 11.1 Å². The van der Waals surface area contributed by atoms with Crippen molar-refractivity contribution in [3.8, 4) is 5.75 Å². The van der Waals surface area contributed by atoms with Crippen LogP contribution in [0.1, 0.15) is 27.6 Å². The maximum atomic E-state index is 12.5. The quantitative estimate of drug-likeness (QED) is 0.825. The Labute approximate surface area is 111 Å². The zero-order valence-corrected chi connectivity index (χ0v) is 10.6. The van der Waals surface area contributed by atoms with Gasteiger partial charge in [-0.1, -0.05) is 36.4 Å². The molecule has 0 aromatic heterocycles. The molecule has 2 aromatic carbocycles. The lowest BCUT2D eigenvalue weighted by Crippen LogP contribution is -2.23. The van der Waals surface area contributed by atoms with Crippen LogP contribution in [0.2, 0.25) is 0 Å². The predicted octanol–water partition coefficient (Wildman–Crippen LogP) is 3.15. The van der Waals surface area contributed by atoms with Gasteiger partial charge in [-0.15, -0.1) is 0 Å².